The van der Waals surface area contributed by atoms with Crippen LogP contribution in [0.3, 0.4) is 0 Å². The van der Waals surface area contributed by atoms with Crippen molar-refractivity contribution in [3.05, 3.63) is 62.7 Å². The maximum absolute atomic E-state index is 11.0. The molecule has 2 rings (SSSR count). The van der Waals surface area contributed by atoms with Crippen LogP contribution in [-0.4, -0.2) is 4.92 Å². The number of nitro benzene ring substituents is 1. The number of nitrogens with zero attached hydrogens (tertiary/aromatic N) is 1. The van der Waals surface area contributed by atoms with E-state index >= 15 is 0 Å². The van der Waals surface area contributed by atoms with Crippen molar-refractivity contribution in [2.24, 2.45) is 5.73 Å². The molecule has 0 aromatic heterocycles. The van der Waals surface area contributed by atoms with Gasteiger partial charge in [0.2, 0.25) is 5.75 Å². The second-order valence-electron chi connectivity index (χ2n) is 4.26. The molecule has 0 aliphatic carbocycles. The molecule has 0 bridgehead atoms. The van der Waals surface area contributed by atoms with Crippen molar-refractivity contribution in [2.45, 2.75) is 13.5 Å². The minimum atomic E-state index is -0.530. The van der Waals surface area contributed by atoms with Crippen LogP contribution in [0.5, 0.6) is 11.5 Å². The van der Waals surface area contributed by atoms with E-state index in [-0.39, 0.29) is 23.0 Å². The van der Waals surface area contributed by atoms with Crippen LogP contribution in [0.25, 0.3) is 0 Å². The number of aryl methyl sites for hydroxylation is 1. The molecule has 0 heterocycles. The average molecular weight is 293 g/mol. The van der Waals surface area contributed by atoms with Crippen LogP contribution in [0.2, 0.25) is 5.02 Å². The largest absolute Gasteiger partial charge is 0.448 e. The summed E-state index contributed by atoms with van der Waals surface area (Å²) in [4.78, 5) is 10.5. The van der Waals surface area contributed by atoms with Crippen LogP contribution in [0.4, 0.5) is 5.69 Å². The first-order chi connectivity index (χ1) is 9.52. The number of para-hydroxylation sites is 1. The highest BCUT2D eigenvalue weighted by molar-refractivity contribution is 6.32. The molecule has 2 aromatic carbocycles. The highest BCUT2D eigenvalue weighted by Gasteiger charge is 2.19. The first kappa shape index (κ1) is 14.3. The summed E-state index contributed by atoms with van der Waals surface area (Å²) in [6.07, 6.45) is 0. The van der Waals surface area contributed by atoms with Crippen molar-refractivity contribution in [3.8, 4) is 11.5 Å². The van der Waals surface area contributed by atoms with Gasteiger partial charge in [-0.25, -0.2) is 0 Å². The summed E-state index contributed by atoms with van der Waals surface area (Å²) in [5.41, 5.74) is 7.28. The molecule has 0 atom stereocenters. The smallest absolute Gasteiger partial charge is 0.313 e. The maximum atomic E-state index is 11.0. The van der Waals surface area contributed by atoms with Gasteiger partial charge in [-0.15, -0.1) is 0 Å². The summed E-state index contributed by atoms with van der Waals surface area (Å²) >= 11 is 5.99. The Bertz CT molecular complexity index is 659. The van der Waals surface area contributed by atoms with Crippen molar-refractivity contribution in [1.82, 2.24) is 0 Å². The van der Waals surface area contributed by atoms with Crippen molar-refractivity contribution < 1.29 is 9.66 Å². The summed E-state index contributed by atoms with van der Waals surface area (Å²) in [6, 6.07) is 9.84. The van der Waals surface area contributed by atoms with Crippen molar-refractivity contribution in [2.75, 3.05) is 0 Å². The van der Waals surface area contributed by atoms with Gasteiger partial charge in [0.1, 0.15) is 5.75 Å². The van der Waals surface area contributed by atoms with Gasteiger partial charge in [-0.05, 0) is 19.1 Å². The van der Waals surface area contributed by atoms with E-state index < -0.39 is 4.92 Å². The molecule has 0 saturated heterocycles. The Morgan fingerprint density at radius 3 is 2.75 bits per heavy atom. The minimum absolute atomic E-state index is 0.0257. The molecular formula is C14H13ClN2O3. The number of ether oxygens (including phenoxy) is 1. The van der Waals surface area contributed by atoms with Crippen LogP contribution < -0.4 is 10.5 Å². The summed E-state index contributed by atoms with van der Waals surface area (Å²) in [5, 5.41) is 11.2. The quantitative estimate of drug-likeness (QED) is 0.686. The molecule has 0 amide bonds. The molecule has 0 spiro atoms. The lowest BCUT2D eigenvalue weighted by molar-refractivity contribution is -0.385. The van der Waals surface area contributed by atoms with Gasteiger partial charge in [0.25, 0.3) is 0 Å². The summed E-state index contributed by atoms with van der Waals surface area (Å²) < 4.78 is 5.62. The Balaban J connectivity index is 2.47. The molecule has 20 heavy (non-hydrogen) atoms. The van der Waals surface area contributed by atoms with E-state index in [1.54, 1.807) is 12.1 Å². The molecule has 0 fully saturated rings. The molecule has 0 radical (unpaired) electrons. The van der Waals surface area contributed by atoms with Crippen LogP contribution in [-0.2, 0) is 6.54 Å². The Labute approximate surface area is 121 Å². The predicted octanol–water partition coefficient (Wildman–Crippen LogP) is 3.81. The number of hydrogen-bond donors (Lipinski definition) is 1. The van der Waals surface area contributed by atoms with Crippen LogP contribution in [0, 0.1) is 17.0 Å². The molecule has 0 aliphatic heterocycles. The van der Waals surface area contributed by atoms with Gasteiger partial charge < -0.3 is 10.5 Å². The number of nitro groups is 1. The Morgan fingerprint density at radius 2 is 2.10 bits per heavy atom. The van der Waals surface area contributed by atoms with E-state index in [1.165, 1.54) is 12.1 Å². The molecule has 0 unspecified atom stereocenters. The zero-order valence-corrected chi connectivity index (χ0v) is 11.6. The molecule has 2 N–H and O–H groups in total. The molecule has 6 heteroatoms. The SMILES string of the molecule is Cc1ccc(Oc2c(Cl)cccc2[N+](=O)[O-])c(CN)c1. The topological polar surface area (TPSA) is 78.4 Å². The molecule has 0 saturated carbocycles. The fourth-order valence-electron chi connectivity index (χ4n) is 1.82. The number of nitrogens with two attached hydrogens (primary N) is 1. The third-order valence-corrected chi connectivity index (χ3v) is 3.09. The fraction of sp³-hybridized carbons (Fsp3) is 0.143. The first-order valence-electron chi connectivity index (χ1n) is 5.93. The lowest BCUT2D eigenvalue weighted by Gasteiger charge is -2.12. The van der Waals surface area contributed by atoms with Gasteiger partial charge in [0.05, 0.1) is 9.95 Å². The zero-order chi connectivity index (χ0) is 14.7. The fourth-order valence-corrected chi connectivity index (χ4v) is 2.03. The van der Waals surface area contributed by atoms with E-state index in [2.05, 4.69) is 0 Å². The highest BCUT2D eigenvalue weighted by Crippen LogP contribution is 2.38. The maximum Gasteiger partial charge on any atom is 0.313 e. The van der Waals surface area contributed by atoms with E-state index in [0.29, 0.717) is 5.75 Å². The lowest BCUT2D eigenvalue weighted by Crippen LogP contribution is -2.01. The lowest BCUT2D eigenvalue weighted by atomic mass is 10.1. The second-order valence-corrected chi connectivity index (χ2v) is 4.67. The third-order valence-electron chi connectivity index (χ3n) is 2.79. The zero-order valence-electron chi connectivity index (χ0n) is 10.8. The van der Waals surface area contributed by atoms with Crippen molar-refractivity contribution in [3.63, 3.8) is 0 Å². The molecule has 0 aliphatic rings. The average Bonchev–Trinajstić information content (AvgIpc) is 2.42. The highest BCUT2D eigenvalue weighted by atomic mass is 35.5. The third kappa shape index (κ3) is 2.89. The Morgan fingerprint density at radius 1 is 1.35 bits per heavy atom. The molecular weight excluding hydrogens is 280 g/mol. The summed E-state index contributed by atoms with van der Waals surface area (Å²) in [7, 11) is 0. The summed E-state index contributed by atoms with van der Waals surface area (Å²) in [5.74, 6) is 0.493. The second kappa shape index (κ2) is 5.90. The number of benzene rings is 2. The Kier molecular flexibility index (Phi) is 4.22. The van der Waals surface area contributed by atoms with Gasteiger partial charge in [0.15, 0.2) is 0 Å². The number of halogens is 1. The van der Waals surface area contributed by atoms with Crippen LogP contribution >= 0.6 is 11.6 Å². The summed E-state index contributed by atoms with van der Waals surface area (Å²) in [6.45, 7) is 2.20. The van der Waals surface area contributed by atoms with E-state index in [4.69, 9.17) is 22.1 Å². The monoisotopic (exact) mass is 292 g/mol. The van der Waals surface area contributed by atoms with Gasteiger partial charge >= 0.3 is 5.69 Å². The standard InChI is InChI=1S/C14H13ClN2O3/c1-9-5-6-13(10(7-9)8-16)20-14-11(15)3-2-4-12(14)17(18)19/h2-7H,8,16H2,1H3. The van der Waals surface area contributed by atoms with Crippen LogP contribution in [0.1, 0.15) is 11.1 Å². The van der Waals surface area contributed by atoms with E-state index in [9.17, 15) is 10.1 Å². The Hall–Kier alpha value is -2.11. The normalized spacial score (nSPS) is 10.3. The van der Waals surface area contributed by atoms with E-state index in [0.717, 1.165) is 11.1 Å². The molecule has 2 aromatic rings. The van der Waals surface area contributed by atoms with Crippen molar-refractivity contribution >= 4 is 17.3 Å². The number of hydrogen-bond acceptors (Lipinski definition) is 4. The van der Waals surface area contributed by atoms with E-state index in [1.807, 2.05) is 19.1 Å². The minimum Gasteiger partial charge on any atom is -0.448 e. The van der Waals surface area contributed by atoms with Crippen molar-refractivity contribution in [1.29, 1.82) is 0 Å². The molecule has 104 valence electrons. The van der Waals surface area contributed by atoms with Crippen LogP contribution in [0.15, 0.2) is 36.4 Å². The first-order valence-corrected chi connectivity index (χ1v) is 6.31. The number of rotatable bonds is 4. The van der Waals surface area contributed by atoms with Gasteiger partial charge in [-0.3, -0.25) is 10.1 Å². The van der Waals surface area contributed by atoms with Gasteiger partial charge in [0, 0.05) is 18.2 Å². The molecule has 5 nitrogen and oxygen atoms in total. The van der Waals surface area contributed by atoms with Gasteiger partial charge in [-0.2, -0.15) is 0 Å². The predicted molar refractivity (Wildman–Crippen MR) is 77.3 cm³/mol. The van der Waals surface area contributed by atoms with Gasteiger partial charge in [-0.1, -0.05) is 35.4 Å².